The van der Waals surface area contributed by atoms with Crippen LogP contribution < -0.4 is 5.14 Å². The number of sulfonamides is 2. The summed E-state index contributed by atoms with van der Waals surface area (Å²) in [7, 11) is -7.32. The first-order valence-corrected chi connectivity index (χ1v) is 8.93. The summed E-state index contributed by atoms with van der Waals surface area (Å²) >= 11 is 0. The fraction of sp³-hybridized carbons (Fsp3) is 0.455. The normalized spacial score (nSPS) is 18.4. The van der Waals surface area contributed by atoms with Crippen LogP contribution in [0.15, 0.2) is 34.1 Å². The summed E-state index contributed by atoms with van der Waals surface area (Å²) in [5, 5.41) is 4.97. The highest BCUT2D eigenvalue weighted by atomic mass is 32.2. The van der Waals surface area contributed by atoms with Crippen molar-refractivity contribution >= 4 is 20.0 Å². The van der Waals surface area contributed by atoms with Crippen LogP contribution >= 0.6 is 0 Å². The fourth-order valence-corrected chi connectivity index (χ4v) is 4.09. The molecule has 106 valence electrons. The Kier molecular flexibility index (Phi) is 3.95. The number of nitrogens with zero attached hydrogens (tertiary/aromatic N) is 1. The van der Waals surface area contributed by atoms with Crippen LogP contribution in [-0.4, -0.2) is 34.2 Å². The summed E-state index contributed by atoms with van der Waals surface area (Å²) in [5.41, 5.74) is 0. The van der Waals surface area contributed by atoms with E-state index in [1.165, 1.54) is 28.6 Å². The Labute approximate surface area is 113 Å². The van der Waals surface area contributed by atoms with Crippen LogP contribution in [0.2, 0.25) is 0 Å². The second kappa shape index (κ2) is 5.20. The maximum Gasteiger partial charge on any atom is 0.243 e. The molecule has 0 unspecified atom stereocenters. The molecule has 0 saturated carbocycles. The number of primary sulfonamides is 1. The first-order valence-electron chi connectivity index (χ1n) is 5.95. The molecule has 8 heteroatoms. The molecule has 0 spiro atoms. The third-order valence-corrected chi connectivity index (χ3v) is 5.95. The molecule has 0 atom stereocenters. The van der Waals surface area contributed by atoms with E-state index in [9.17, 15) is 16.8 Å². The number of benzene rings is 1. The second-order valence-electron chi connectivity index (χ2n) is 4.48. The molecule has 2 rings (SSSR count). The van der Waals surface area contributed by atoms with Gasteiger partial charge >= 0.3 is 0 Å². The average Bonchev–Trinajstić information content (AvgIpc) is 2.39. The lowest BCUT2D eigenvalue weighted by Gasteiger charge is -2.25. The standard InChI is InChI=1S/C11H16N2O4S2/c12-18(14,15)10-4-6-11(7-5-10)19(16,17)13-8-2-1-3-9-13/h4-7H,1-3,8-9H2,(H2,12,14,15). The Morgan fingerprint density at radius 3 is 1.79 bits per heavy atom. The van der Waals surface area contributed by atoms with E-state index < -0.39 is 20.0 Å². The average molecular weight is 304 g/mol. The van der Waals surface area contributed by atoms with Gasteiger partial charge in [0, 0.05) is 13.1 Å². The highest BCUT2D eigenvalue weighted by Gasteiger charge is 2.26. The molecule has 1 aliphatic heterocycles. The summed E-state index contributed by atoms with van der Waals surface area (Å²) in [5.74, 6) is 0. The predicted octanol–water partition coefficient (Wildman–Crippen LogP) is 0.509. The van der Waals surface area contributed by atoms with E-state index >= 15 is 0 Å². The van der Waals surface area contributed by atoms with Gasteiger partial charge < -0.3 is 0 Å². The van der Waals surface area contributed by atoms with Gasteiger partial charge in [-0.15, -0.1) is 0 Å². The molecule has 1 fully saturated rings. The van der Waals surface area contributed by atoms with Crippen molar-refractivity contribution in [1.82, 2.24) is 4.31 Å². The van der Waals surface area contributed by atoms with E-state index in [1.807, 2.05) is 0 Å². The molecule has 6 nitrogen and oxygen atoms in total. The third kappa shape index (κ3) is 3.14. The van der Waals surface area contributed by atoms with Crippen LogP contribution in [0.5, 0.6) is 0 Å². The van der Waals surface area contributed by atoms with E-state index in [1.54, 1.807) is 0 Å². The van der Waals surface area contributed by atoms with E-state index in [0.717, 1.165) is 19.3 Å². The summed E-state index contributed by atoms with van der Waals surface area (Å²) in [4.78, 5) is 0.00638. The van der Waals surface area contributed by atoms with Gasteiger partial charge in [0.05, 0.1) is 9.79 Å². The zero-order chi connectivity index (χ0) is 14.1. The van der Waals surface area contributed by atoms with Gasteiger partial charge in [-0.1, -0.05) is 6.42 Å². The minimum absolute atomic E-state index is 0.0925. The quantitative estimate of drug-likeness (QED) is 0.879. The van der Waals surface area contributed by atoms with E-state index in [-0.39, 0.29) is 9.79 Å². The molecule has 1 heterocycles. The molecule has 19 heavy (non-hydrogen) atoms. The molecular formula is C11H16N2O4S2. The lowest BCUT2D eigenvalue weighted by atomic mass is 10.2. The third-order valence-electron chi connectivity index (χ3n) is 3.11. The lowest BCUT2D eigenvalue weighted by Crippen LogP contribution is -2.35. The van der Waals surface area contributed by atoms with Crippen LogP contribution in [0.25, 0.3) is 0 Å². The number of rotatable bonds is 3. The number of hydrogen-bond acceptors (Lipinski definition) is 4. The molecule has 0 aromatic heterocycles. The predicted molar refractivity (Wildman–Crippen MR) is 70.4 cm³/mol. The van der Waals surface area contributed by atoms with Crippen LogP contribution in [0.3, 0.4) is 0 Å². The Morgan fingerprint density at radius 1 is 0.842 bits per heavy atom. The second-order valence-corrected chi connectivity index (χ2v) is 7.98. The number of nitrogens with two attached hydrogens (primary N) is 1. The molecular weight excluding hydrogens is 288 g/mol. The van der Waals surface area contributed by atoms with Gasteiger partial charge in [-0.2, -0.15) is 4.31 Å². The Bertz CT molecular complexity index is 644. The Balaban J connectivity index is 2.31. The summed E-state index contributed by atoms with van der Waals surface area (Å²) < 4.78 is 48.2. The van der Waals surface area contributed by atoms with E-state index in [4.69, 9.17) is 5.14 Å². The molecule has 1 aliphatic rings. The van der Waals surface area contributed by atoms with E-state index in [0.29, 0.717) is 13.1 Å². The van der Waals surface area contributed by atoms with Crippen LogP contribution in [0.1, 0.15) is 19.3 Å². The monoisotopic (exact) mass is 304 g/mol. The molecule has 1 saturated heterocycles. The number of piperidine rings is 1. The van der Waals surface area contributed by atoms with Gasteiger partial charge in [0.25, 0.3) is 0 Å². The van der Waals surface area contributed by atoms with Crippen LogP contribution in [0.4, 0.5) is 0 Å². The van der Waals surface area contributed by atoms with Gasteiger partial charge in [0.2, 0.25) is 20.0 Å². The molecule has 0 bridgehead atoms. The summed E-state index contributed by atoms with van der Waals surface area (Å²) in [6.07, 6.45) is 2.75. The van der Waals surface area contributed by atoms with Crippen molar-refractivity contribution in [3.05, 3.63) is 24.3 Å². The van der Waals surface area contributed by atoms with Crippen LogP contribution in [-0.2, 0) is 20.0 Å². The highest BCUT2D eigenvalue weighted by molar-refractivity contribution is 7.89. The van der Waals surface area contributed by atoms with Crippen molar-refractivity contribution < 1.29 is 16.8 Å². The Hall–Kier alpha value is -0.960. The lowest BCUT2D eigenvalue weighted by molar-refractivity contribution is 0.346. The van der Waals surface area contributed by atoms with Crippen molar-refractivity contribution in [1.29, 1.82) is 0 Å². The van der Waals surface area contributed by atoms with Gasteiger partial charge in [0.1, 0.15) is 0 Å². The largest absolute Gasteiger partial charge is 0.243 e. The summed E-state index contributed by atoms with van der Waals surface area (Å²) in [6, 6.07) is 4.99. The van der Waals surface area contributed by atoms with Crippen molar-refractivity contribution in [2.75, 3.05) is 13.1 Å². The van der Waals surface area contributed by atoms with Crippen molar-refractivity contribution in [3.63, 3.8) is 0 Å². The summed E-state index contributed by atoms with van der Waals surface area (Å²) in [6.45, 7) is 1.03. The van der Waals surface area contributed by atoms with Crippen molar-refractivity contribution in [2.24, 2.45) is 5.14 Å². The SMILES string of the molecule is NS(=O)(=O)c1ccc(S(=O)(=O)N2CCCCC2)cc1. The Morgan fingerprint density at radius 2 is 1.32 bits per heavy atom. The maximum absolute atomic E-state index is 12.3. The van der Waals surface area contributed by atoms with Crippen molar-refractivity contribution in [2.45, 2.75) is 29.1 Å². The molecule has 0 amide bonds. The van der Waals surface area contributed by atoms with Gasteiger partial charge in [0.15, 0.2) is 0 Å². The first kappa shape index (κ1) is 14.4. The van der Waals surface area contributed by atoms with Gasteiger partial charge in [-0.3, -0.25) is 0 Å². The van der Waals surface area contributed by atoms with Crippen LogP contribution in [0, 0.1) is 0 Å². The fourth-order valence-electron chi connectivity index (χ4n) is 2.06. The smallest absolute Gasteiger partial charge is 0.225 e. The highest BCUT2D eigenvalue weighted by Crippen LogP contribution is 2.21. The maximum atomic E-state index is 12.3. The molecule has 1 aromatic carbocycles. The van der Waals surface area contributed by atoms with E-state index in [2.05, 4.69) is 0 Å². The topological polar surface area (TPSA) is 97.5 Å². The first-order chi connectivity index (χ1) is 8.82. The van der Waals surface area contributed by atoms with Gasteiger partial charge in [-0.05, 0) is 37.1 Å². The number of hydrogen-bond donors (Lipinski definition) is 1. The molecule has 0 radical (unpaired) electrons. The van der Waals surface area contributed by atoms with Gasteiger partial charge in [-0.25, -0.2) is 22.0 Å². The zero-order valence-electron chi connectivity index (χ0n) is 10.3. The molecule has 1 aromatic rings. The minimum Gasteiger partial charge on any atom is -0.225 e. The molecule has 0 aliphatic carbocycles. The minimum atomic E-state index is -3.80. The molecule has 2 N–H and O–H groups in total. The zero-order valence-corrected chi connectivity index (χ0v) is 12.0. The van der Waals surface area contributed by atoms with Crippen molar-refractivity contribution in [3.8, 4) is 0 Å².